The lowest BCUT2D eigenvalue weighted by molar-refractivity contribution is 0.0799. The third-order valence-corrected chi connectivity index (χ3v) is 2.63. The first-order valence-electron chi connectivity index (χ1n) is 6.06. The Hall–Kier alpha value is -1.07. The Morgan fingerprint density at radius 1 is 1.37 bits per heavy atom. The van der Waals surface area contributed by atoms with Gasteiger partial charge in [0.2, 0.25) is 0 Å². The highest BCUT2D eigenvalue weighted by molar-refractivity contribution is 6.30. The molecule has 3 nitrogen and oxygen atoms in total. The Morgan fingerprint density at radius 3 is 2.68 bits per heavy atom. The van der Waals surface area contributed by atoms with Crippen LogP contribution < -0.4 is 14.8 Å². The number of hydrogen-bond acceptors (Lipinski definition) is 3. The van der Waals surface area contributed by atoms with Crippen LogP contribution >= 0.6 is 11.6 Å². The van der Waals surface area contributed by atoms with Crippen molar-refractivity contribution in [2.45, 2.75) is 26.3 Å². The van der Waals surface area contributed by atoms with Crippen molar-refractivity contribution in [1.29, 1.82) is 0 Å². The van der Waals surface area contributed by atoms with E-state index >= 15 is 0 Å². The lowest BCUT2D eigenvalue weighted by atomic mass is 10.1. The van der Waals surface area contributed by atoms with Crippen LogP contribution in [0.15, 0.2) is 12.1 Å². The average Bonchev–Trinajstić information content (AvgIpc) is 2.36. The van der Waals surface area contributed by atoms with E-state index in [1.165, 1.54) is 7.11 Å². The predicted octanol–water partition coefficient (Wildman–Crippen LogP) is 3.49. The van der Waals surface area contributed by atoms with Crippen molar-refractivity contribution in [2.24, 2.45) is 0 Å². The summed E-state index contributed by atoms with van der Waals surface area (Å²) < 4.78 is 34.8. The van der Waals surface area contributed by atoms with Crippen molar-refractivity contribution in [3.63, 3.8) is 0 Å². The van der Waals surface area contributed by atoms with Crippen LogP contribution in [0.25, 0.3) is 0 Å². The van der Waals surface area contributed by atoms with Gasteiger partial charge in [-0.25, -0.2) is 8.78 Å². The first-order chi connectivity index (χ1) is 9.08. The number of benzene rings is 1. The van der Waals surface area contributed by atoms with Crippen LogP contribution in [-0.2, 0) is 6.54 Å². The molecule has 1 aromatic rings. The van der Waals surface area contributed by atoms with Gasteiger partial charge < -0.3 is 14.8 Å². The maximum atomic E-state index is 12.3. The summed E-state index contributed by atoms with van der Waals surface area (Å²) in [4.78, 5) is 0. The molecule has 0 atom stereocenters. The second-order valence-electron chi connectivity index (χ2n) is 3.98. The zero-order chi connectivity index (χ0) is 14.3. The predicted molar refractivity (Wildman–Crippen MR) is 71.5 cm³/mol. The SMILES string of the molecule is CCCNCc1cc(Cl)cc(OC)c1OCC(F)F. The minimum atomic E-state index is -2.53. The van der Waals surface area contributed by atoms with E-state index in [1.54, 1.807) is 12.1 Å². The fraction of sp³-hybridized carbons (Fsp3) is 0.538. The van der Waals surface area contributed by atoms with Crippen LogP contribution in [-0.4, -0.2) is 26.7 Å². The van der Waals surface area contributed by atoms with E-state index < -0.39 is 13.0 Å². The van der Waals surface area contributed by atoms with Gasteiger partial charge in [0.05, 0.1) is 7.11 Å². The third-order valence-electron chi connectivity index (χ3n) is 2.41. The molecular formula is C13H18ClF2NO2. The molecule has 0 aromatic heterocycles. The van der Waals surface area contributed by atoms with Gasteiger partial charge in [-0.1, -0.05) is 18.5 Å². The molecule has 0 saturated carbocycles. The normalized spacial score (nSPS) is 10.8. The van der Waals surface area contributed by atoms with Gasteiger partial charge in [-0.2, -0.15) is 0 Å². The number of rotatable bonds is 8. The highest BCUT2D eigenvalue weighted by Gasteiger charge is 2.14. The average molecular weight is 294 g/mol. The third kappa shape index (κ3) is 5.20. The van der Waals surface area contributed by atoms with E-state index in [1.807, 2.05) is 6.92 Å². The summed E-state index contributed by atoms with van der Waals surface area (Å²) in [5.41, 5.74) is 0.707. The van der Waals surface area contributed by atoms with Crippen molar-refractivity contribution >= 4 is 11.6 Å². The molecule has 0 aliphatic heterocycles. The summed E-state index contributed by atoms with van der Waals surface area (Å²) in [6, 6.07) is 3.24. The van der Waals surface area contributed by atoms with Gasteiger partial charge in [-0.3, -0.25) is 0 Å². The van der Waals surface area contributed by atoms with E-state index in [9.17, 15) is 8.78 Å². The Morgan fingerprint density at radius 2 is 2.11 bits per heavy atom. The molecule has 19 heavy (non-hydrogen) atoms. The van der Waals surface area contributed by atoms with E-state index in [0.29, 0.717) is 28.6 Å². The summed E-state index contributed by atoms with van der Waals surface area (Å²) in [7, 11) is 1.45. The standard InChI is InChI=1S/C13H18ClF2NO2/c1-3-4-17-7-9-5-10(14)6-11(18-2)13(9)19-8-12(15)16/h5-6,12,17H,3-4,7-8H2,1-2H3. The lowest BCUT2D eigenvalue weighted by Crippen LogP contribution is -2.16. The molecule has 1 aromatic carbocycles. The first kappa shape index (κ1) is 16.0. The van der Waals surface area contributed by atoms with E-state index in [2.05, 4.69) is 5.32 Å². The van der Waals surface area contributed by atoms with Crippen molar-refractivity contribution in [3.8, 4) is 11.5 Å². The summed E-state index contributed by atoms with van der Waals surface area (Å²) in [6.45, 7) is 2.69. The molecule has 108 valence electrons. The molecule has 0 spiro atoms. The molecule has 1 rings (SSSR count). The number of halogens is 3. The first-order valence-corrected chi connectivity index (χ1v) is 6.44. The fourth-order valence-electron chi connectivity index (χ4n) is 1.62. The fourth-order valence-corrected chi connectivity index (χ4v) is 1.85. The van der Waals surface area contributed by atoms with Crippen LogP contribution in [0.3, 0.4) is 0 Å². The van der Waals surface area contributed by atoms with Crippen molar-refractivity contribution in [1.82, 2.24) is 5.32 Å². The van der Waals surface area contributed by atoms with Gasteiger partial charge in [-0.15, -0.1) is 0 Å². The molecular weight excluding hydrogens is 276 g/mol. The summed E-state index contributed by atoms with van der Waals surface area (Å²) in [6.07, 6.45) is -1.55. The lowest BCUT2D eigenvalue weighted by Gasteiger charge is -2.16. The molecule has 0 amide bonds. The largest absolute Gasteiger partial charge is 0.493 e. The molecule has 0 fully saturated rings. The minimum absolute atomic E-state index is 0.316. The number of ether oxygens (including phenoxy) is 2. The molecule has 0 bridgehead atoms. The summed E-state index contributed by atoms with van der Waals surface area (Å²) >= 11 is 5.96. The Kier molecular flexibility index (Phi) is 6.87. The van der Waals surface area contributed by atoms with Crippen LogP contribution in [0.1, 0.15) is 18.9 Å². The van der Waals surface area contributed by atoms with E-state index in [4.69, 9.17) is 21.1 Å². The highest BCUT2D eigenvalue weighted by atomic mass is 35.5. The Balaban J connectivity index is 2.92. The van der Waals surface area contributed by atoms with Crippen LogP contribution in [0.4, 0.5) is 8.78 Å². The Labute approximate surface area is 116 Å². The quantitative estimate of drug-likeness (QED) is 0.744. The van der Waals surface area contributed by atoms with Crippen molar-refractivity contribution in [3.05, 3.63) is 22.7 Å². The second kappa shape index (κ2) is 8.17. The minimum Gasteiger partial charge on any atom is -0.493 e. The maximum absolute atomic E-state index is 12.3. The number of alkyl halides is 2. The van der Waals surface area contributed by atoms with Crippen LogP contribution in [0, 0.1) is 0 Å². The molecule has 0 saturated heterocycles. The number of nitrogens with one attached hydrogen (secondary N) is 1. The summed E-state index contributed by atoms with van der Waals surface area (Å²) in [5, 5.41) is 3.66. The van der Waals surface area contributed by atoms with Gasteiger partial charge >= 0.3 is 0 Å². The smallest absolute Gasteiger partial charge is 0.272 e. The topological polar surface area (TPSA) is 30.5 Å². The van der Waals surface area contributed by atoms with Gasteiger partial charge in [0, 0.05) is 23.2 Å². The molecule has 0 aliphatic carbocycles. The van der Waals surface area contributed by atoms with Crippen LogP contribution in [0.5, 0.6) is 11.5 Å². The molecule has 0 radical (unpaired) electrons. The summed E-state index contributed by atoms with van der Waals surface area (Å²) in [5.74, 6) is 0.678. The van der Waals surface area contributed by atoms with E-state index in [0.717, 1.165) is 13.0 Å². The number of hydrogen-bond donors (Lipinski definition) is 1. The van der Waals surface area contributed by atoms with Gasteiger partial charge in [0.1, 0.15) is 6.61 Å². The molecule has 6 heteroatoms. The van der Waals surface area contributed by atoms with Gasteiger partial charge in [0.25, 0.3) is 6.43 Å². The highest BCUT2D eigenvalue weighted by Crippen LogP contribution is 2.35. The molecule has 0 aliphatic rings. The van der Waals surface area contributed by atoms with E-state index in [-0.39, 0.29) is 0 Å². The van der Waals surface area contributed by atoms with Crippen molar-refractivity contribution < 1.29 is 18.3 Å². The molecule has 1 N–H and O–H groups in total. The van der Waals surface area contributed by atoms with Crippen LogP contribution in [0.2, 0.25) is 5.02 Å². The monoisotopic (exact) mass is 293 g/mol. The molecule has 0 unspecified atom stereocenters. The number of methoxy groups -OCH3 is 1. The van der Waals surface area contributed by atoms with Gasteiger partial charge in [-0.05, 0) is 19.0 Å². The second-order valence-corrected chi connectivity index (χ2v) is 4.41. The molecule has 0 heterocycles. The zero-order valence-corrected chi connectivity index (χ0v) is 11.8. The maximum Gasteiger partial charge on any atom is 0.272 e. The Bertz CT molecular complexity index is 402. The van der Waals surface area contributed by atoms with Crippen molar-refractivity contribution in [2.75, 3.05) is 20.3 Å². The zero-order valence-electron chi connectivity index (χ0n) is 11.0. The van der Waals surface area contributed by atoms with Gasteiger partial charge in [0.15, 0.2) is 11.5 Å².